The van der Waals surface area contributed by atoms with Crippen molar-refractivity contribution >= 4 is 39.3 Å². The van der Waals surface area contributed by atoms with Crippen LogP contribution in [0.2, 0.25) is 0 Å². The van der Waals surface area contributed by atoms with Gasteiger partial charge in [0.05, 0.1) is 6.61 Å². The SMILES string of the molecule is CCOC(=O)C(CCCSC)Nc1cccc(Br)c1. The summed E-state index contributed by atoms with van der Waals surface area (Å²) in [4.78, 5) is 11.9. The van der Waals surface area contributed by atoms with Gasteiger partial charge in [0.15, 0.2) is 0 Å². The number of hydrogen-bond donors (Lipinski definition) is 1. The minimum absolute atomic E-state index is 0.177. The van der Waals surface area contributed by atoms with Crippen LogP contribution in [-0.2, 0) is 9.53 Å². The Morgan fingerprint density at radius 1 is 1.53 bits per heavy atom. The Bertz CT molecular complexity index is 401. The highest BCUT2D eigenvalue weighted by atomic mass is 79.9. The van der Waals surface area contributed by atoms with Crippen LogP contribution in [0.15, 0.2) is 28.7 Å². The highest BCUT2D eigenvalue weighted by molar-refractivity contribution is 9.10. The molecule has 1 rings (SSSR count). The van der Waals surface area contributed by atoms with E-state index in [-0.39, 0.29) is 12.0 Å². The molecule has 3 nitrogen and oxygen atoms in total. The van der Waals surface area contributed by atoms with Crippen LogP contribution in [0.3, 0.4) is 0 Å². The minimum Gasteiger partial charge on any atom is -0.464 e. The number of hydrogen-bond acceptors (Lipinski definition) is 4. The van der Waals surface area contributed by atoms with Gasteiger partial charge in [-0.2, -0.15) is 11.8 Å². The molecule has 19 heavy (non-hydrogen) atoms. The largest absolute Gasteiger partial charge is 0.464 e. The predicted molar refractivity (Wildman–Crippen MR) is 85.8 cm³/mol. The van der Waals surface area contributed by atoms with Gasteiger partial charge >= 0.3 is 5.97 Å². The topological polar surface area (TPSA) is 38.3 Å². The number of anilines is 1. The van der Waals surface area contributed by atoms with E-state index in [9.17, 15) is 4.79 Å². The van der Waals surface area contributed by atoms with Crippen LogP contribution in [0.4, 0.5) is 5.69 Å². The van der Waals surface area contributed by atoms with Gasteiger partial charge in [-0.15, -0.1) is 0 Å². The summed E-state index contributed by atoms with van der Waals surface area (Å²) in [5, 5.41) is 3.25. The first kappa shape index (κ1) is 16.4. The Morgan fingerprint density at radius 3 is 2.95 bits per heavy atom. The van der Waals surface area contributed by atoms with Crippen molar-refractivity contribution in [2.24, 2.45) is 0 Å². The fraction of sp³-hybridized carbons (Fsp3) is 0.500. The molecule has 0 aliphatic heterocycles. The third-order valence-electron chi connectivity index (χ3n) is 2.58. The standard InChI is InChI=1S/C14H20BrNO2S/c1-3-18-14(17)13(8-5-9-19-2)16-12-7-4-6-11(15)10-12/h4,6-7,10,13,16H,3,5,8-9H2,1-2H3. The molecule has 1 aromatic carbocycles. The number of carbonyl (C=O) groups is 1. The van der Waals surface area contributed by atoms with E-state index in [0.29, 0.717) is 6.61 Å². The number of thioether (sulfide) groups is 1. The molecule has 0 spiro atoms. The first-order valence-electron chi connectivity index (χ1n) is 6.35. The lowest BCUT2D eigenvalue weighted by Gasteiger charge is -2.18. The molecule has 0 aliphatic rings. The molecule has 1 aromatic rings. The molecule has 0 fully saturated rings. The molecule has 1 atom stereocenters. The lowest BCUT2D eigenvalue weighted by molar-refractivity contribution is -0.144. The van der Waals surface area contributed by atoms with Gasteiger partial charge in [0.2, 0.25) is 0 Å². The molecule has 0 saturated carbocycles. The van der Waals surface area contributed by atoms with E-state index in [0.717, 1.165) is 28.8 Å². The van der Waals surface area contributed by atoms with Crippen molar-refractivity contribution in [2.45, 2.75) is 25.8 Å². The molecule has 5 heteroatoms. The summed E-state index contributed by atoms with van der Waals surface area (Å²) < 4.78 is 6.11. The van der Waals surface area contributed by atoms with E-state index in [1.807, 2.05) is 31.2 Å². The highest BCUT2D eigenvalue weighted by Crippen LogP contribution is 2.18. The van der Waals surface area contributed by atoms with E-state index >= 15 is 0 Å². The van der Waals surface area contributed by atoms with Crippen LogP contribution in [-0.4, -0.2) is 30.6 Å². The maximum absolute atomic E-state index is 11.9. The fourth-order valence-corrected chi connectivity index (χ4v) is 2.56. The molecule has 0 bridgehead atoms. The number of ether oxygens (including phenoxy) is 1. The fourth-order valence-electron chi connectivity index (χ4n) is 1.70. The molecule has 0 aromatic heterocycles. The first-order valence-corrected chi connectivity index (χ1v) is 8.53. The number of carbonyl (C=O) groups excluding carboxylic acids is 1. The number of esters is 1. The van der Waals surface area contributed by atoms with Gasteiger partial charge in [-0.25, -0.2) is 4.79 Å². The first-order chi connectivity index (χ1) is 9.17. The normalized spacial score (nSPS) is 11.9. The summed E-state index contributed by atoms with van der Waals surface area (Å²) in [6.07, 6.45) is 3.85. The Morgan fingerprint density at radius 2 is 2.32 bits per heavy atom. The van der Waals surface area contributed by atoms with E-state index < -0.39 is 0 Å². The summed E-state index contributed by atoms with van der Waals surface area (Å²) >= 11 is 5.21. The van der Waals surface area contributed by atoms with Crippen molar-refractivity contribution in [1.29, 1.82) is 0 Å². The Balaban J connectivity index is 2.64. The van der Waals surface area contributed by atoms with Gasteiger partial charge in [0, 0.05) is 10.2 Å². The van der Waals surface area contributed by atoms with Gasteiger partial charge in [-0.3, -0.25) is 0 Å². The molecule has 0 saturated heterocycles. The van der Waals surface area contributed by atoms with E-state index in [1.54, 1.807) is 11.8 Å². The second-order valence-electron chi connectivity index (χ2n) is 4.09. The molecule has 0 amide bonds. The second-order valence-corrected chi connectivity index (χ2v) is 6.00. The number of halogens is 1. The molecule has 1 N–H and O–H groups in total. The van der Waals surface area contributed by atoms with Crippen LogP contribution in [0.25, 0.3) is 0 Å². The van der Waals surface area contributed by atoms with Gasteiger partial charge in [-0.05, 0) is 50.0 Å². The van der Waals surface area contributed by atoms with Crippen molar-refractivity contribution < 1.29 is 9.53 Å². The number of benzene rings is 1. The zero-order chi connectivity index (χ0) is 14.1. The average Bonchev–Trinajstić information content (AvgIpc) is 2.38. The monoisotopic (exact) mass is 345 g/mol. The third kappa shape index (κ3) is 6.34. The van der Waals surface area contributed by atoms with Crippen LogP contribution in [0, 0.1) is 0 Å². The van der Waals surface area contributed by atoms with Crippen molar-refractivity contribution in [1.82, 2.24) is 0 Å². The molecule has 0 heterocycles. The van der Waals surface area contributed by atoms with Gasteiger partial charge in [-0.1, -0.05) is 22.0 Å². The lowest BCUT2D eigenvalue weighted by atomic mass is 10.1. The van der Waals surface area contributed by atoms with Crippen molar-refractivity contribution in [3.05, 3.63) is 28.7 Å². The van der Waals surface area contributed by atoms with Crippen molar-refractivity contribution in [3.63, 3.8) is 0 Å². The zero-order valence-corrected chi connectivity index (χ0v) is 13.7. The van der Waals surface area contributed by atoms with Gasteiger partial charge < -0.3 is 10.1 Å². The minimum atomic E-state index is -0.276. The maximum atomic E-state index is 11.9. The smallest absolute Gasteiger partial charge is 0.328 e. The number of nitrogens with one attached hydrogen (secondary N) is 1. The molecule has 0 aliphatic carbocycles. The van der Waals surface area contributed by atoms with E-state index in [2.05, 4.69) is 27.5 Å². The van der Waals surface area contributed by atoms with Crippen LogP contribution in [0.1, 0.15) is 19.8 Å². The number of rotatable bonds is 8. The second kappa shape index (κ2) is 9.26. The van der Waals surface area contributed by atoms with Crippen LogP contribution >= 0.6 is 27.7 Å². The zero-order valence-electron chi connectivity index (χ0n) is 11.3. The molecule has 0 radical (unpaired) electrons. The average molecular weight is 346 g/mol. The Hall–Kier alpha value is -0.680. The summed E-state index contributed by atoms with van der Waals surface area (Å²) in [7, 11) is 0. The van der Waals surface area contributed by atoms with E-state index in [1.165, 1.54) is 0 Å². The summed E-state index contributed by atoms with van der Waals surface area (Å²) in [6.45, 7) is 2.24. The van der Waals surface area contributed by atoms with Crippen LogP contribution < -0.4 is 5.32 Å². The summed E-state index contributed by atoms with van der Waals surface area (Å²) in [6, 6.07) is 7.53. The highest BCUT2D eigenvalue weighted by Gasteiger charge is 2.19. The maximum Gasteiger partial charge on any atom is 0.328 e. The molecular formula is C14H20BrNO2S. The molecule has 106 valence electrons. The van der Waals surface area contributed by atoms with E-state index in [4.69, 9.17) is 4.74 Å². The van der Waals surface area contributed by atoms with Crippen LogP contribution in [0.5, 0.6) is 0 Å². The Labute approximate surface area is 127 Å². The van der Waals surface area contributed by atoms with Gasteiger partial charge in [0.1, 0.15) is 6.04 Å². The predicted octanol–water partition coefficient (Wildman–Crippen LogP) is 3.94. The van der Waals surface area contributed by atoms with Crippen molar-refractivity contribution in [2.75, 3.05) is 23.9 Å². The lowest BCUT2D eigenvalue weighted by Crippen LogP contribution is -2.31. The third-order valence-corrected chi connectivity index (χ3v) is 3.77. The summed E-state index contributed by atoms with van der Waals surface area (Å²) in [5.74, 6) is 0.874. The van der Waals surface area contributed by atoms with Gasteiger partial charge in [0.25, 0.3) is 0 Å². The van der Waals surface area contributed by atoms with Crippen molar-refractivity contribution in [3.8, 4) is 0 Å². The summed E-state index contributed by atoms with van der Waals surface area (Å²) in [5.41, 5.74) is 0.927. The Kier molecular flexibility index (Phi) is 7.98. The quantitative estimate of drug-likeness (QED) is 0.572. The molecule has 1 unspecified atom stereocenters. The molecular weight excluding hydrogens is 326 g/mol.